The molecule has 1 nitrogen and oxygen atoms in total. The number of nitrogens with one attached hydrogen (secondary N) is 1. The first-order valence-electron chi connectivity index (χ1n) is 5.38. The van der Waals surface area contributed by atoms with Crippen LogP contribution in [0.4, 0.5) is 4.39 Å². The standard InChI is InChI=1S/C12H17BrFNS/c1-16-8-3-2-7-15-9-10-5-4-6-11(14)12(10)13/h4-6,15H,2-3,7-9H2,1H3. The molecule has 0 bridgehead atoms. The van der Waals surface area contributed by atoms with E-state index in [2.05, 4.69) is 27.5 Å². The van der Waals surface area contributed by atoms with E-state index in [0.29, 0.717) is 4.47 Å². The molecule has 0 saturated heterocycles. The van der Waals surface area contributed by atoms with Crippen molar-refractivity contribution in [2.24, 2.45) is 0 Å². The first-order valence-corrected chi connectivity index (χ1v) is 7.57. The fraction of sp³-hybridized carbons (Fsp3) is 0.500. The summed E-state index contributed by atoms with van der Waals surface area (Å²) < 4.78 is 13.8. The zero-order chi connectivity index (χ0) is 11.8. The van der Waals surface area contributed by atoms with Crippen molar-refractivity contribution in [1.29, 1.82) is 0 Å². The lowest BCUT2D eigenvalue weighted by Crippen LogP contribution is -2.15. The first kappa shape index (κ1) is 14.0. The second-order valence-corrected chi connectivity index (χ2v) is 5.37. The van der Waals surface area contributed by atoms with Gasteiger partial charge < -0.3 is 5.32 Å². The van der Waals surface area contributed by atoms with Crippen molar-refractivity contribution >= 4 is 27.7 Å². The molecule has 1 rings (SSSR count). The fourth-order valence-corrected chi connectivity index (χ4v) is 2.30. The molecule has 0 unspecified atom stereocenters. The summed E-state index contributed by atoms with van der Waals surface area (Å²) in [6.07, 6.45) is 4.53. The molecule has 0 aromatic heterocycles. The largest absolute Gasteiger partial charge is 0.313 e. The minimum atomic E-state index is -0.193. The van der Waals surface area contributed by atoms with Crippen LogP contribution < -0.4 is 5.32 Å². The molecule has 0 amide bonds. The SMILES string of the molecule is CSCCCCNCc1cccc(F)c1Br. The Hall–Kier alpha value is -0.0600. The number of unbranched alkanes of at least 4 members (excludes halogenated alkanes) is 1. The molecule has 16 heavy (non-hydrogen) atoms. The number of hydrogen-bond acceptors (Lipinski definition) is 2. The minimum Gasteiger partial charge on any atom is -0.313 e. The Bertz CT molecular complexity index is 320. The Morgan fingerprint density at radius 2 is 2.19 bits per heavy atom. The Morgan fingerprint density at radius 3 is 2.94 bits per heavy atom. The van der Waals surface area contributed by atoms with E-state index in [1.54, 1.807) is 6.07 Å². The van der Waals surface area contributed by atoms with Gasteiger partial charge in [0.05, 0.1) is 4.47 Å². The van der Waals surface area contributed by atoms with E-state index < -0.39 is 0 Å². The molecule has 0 radical (unpaired) electrons. The van der Waals surface area contributed by atoms with Crippen molar-refractivity contribution in [1.82, 2.24) is 5.32 Å². The molecule has 0 heterocycles. The highest BCUT2D eigenvalue weighted by molar-refractivity contribution is 9.10. The van der Waals surface area contributed by atoms with Crippen LogP contribution >= 0.6 is 27.7 Å². The van der Waals surface area contributed by atoms with Gasteiger partial charge >= 0.3 is 0 Å². The van der Waals surface area contributed by atoms with Crippen LogP contribution in [0.1, 0.15) is 18.4 Å². The van der Waals surface area contributed by atoms with E-state index in [1.165, 1.54) is 24.7 Å². The van der Waals surface area contributed by atoms with Gasteiger partial charge in [0.15, 0.2) is 0 Å². The van der Waals surface area contributed by atoms with E-state index >= 15 is 0 Å². The lowest BCUT2D eigenvalue weighted by Gasteiger charge is -2.07. The molecule has 4 heteroatoms. The maximum atomic E-state index is 13.2. The van der Waals surface area contributed by atoms with Crippen molar-refractivity contribution in [3.05, 3.63) is 34.1 Å². The number of thioether (sulfide) groups is 1. The molecule has 0 aliphatic heterocycles. The molecule has 90 valence electrons. The predicted octanol–water partition coefficient (Wildman–Crippen LogP) is 3.82. The third-order valence-electron chi connectivity index (χ3n) is 2.30. The second kappa shape index (κ2) is 8.09. The van der Waals surface area contributed by atoms with Crippen molar-refractivity contribution in [2.45, 2.75) is 19.4 Å². The first-order chi connectivity index (χ1) is 7.75. The highest BCUT2D eigenvalue weighted by Gasteiger charge is 2.03. The maximum Gasteiger partial charge on any atom is 0.137 e. The van der Waals surface area contributed by atoms with Gasteiger partial charge in [-0.2, -0.15) is 11.8 Å². The van der Waals surface area contributed by atoms with Crippen LogP contribution in [0.15, 0.2) is 22.7 Å². The van der Waals surface area contributed by atoms with Crippen molar-refractivity contribution in [2.75, 3.05) is 18.6 Å². The van der Waals surface area contributed by atoms with Gasteiger partial charge in [0.2, 0.25) is 0 Å². The third kappa shape index (κ3) is 4.85. The molecule has 0 spiro atoms. The molecule has 0 aliphatic rings. The number of halogens is 2. The second-order valence-electron chi connectivity index (χ2n) is 3.59. The Labute approximate surface area is 109 Å². The van der Waals surface area contributed by atoms with E-state index in [0.717, 1.165) is 18.7 Å². The topological polar surface area (TPSA) is 12.0 Å². The number of hydrogen-bond donors (Lipinski definition) is 1. The van der Waals surface area contributed by atoms with Crippen LogP contribution in [-0.2, 0) is 6.54 Å². The Morgan fingerprint density at radius 1 is 1.38 bits per heavy atom. The van der Waals surface area contributed by atoms with Gasteiger partial charge in [-0.05, 0) is 59.0 Å². The van der Waals surface area contributed by atoms with Crippen LogP contribution in [0.2, 0.25) is 0 Å². The zero-order valence-electron chi connectivity index (χ0n) is 9.43. The number of benzene rings is 1. The lowest BCUT2D eigenvalue weighted by atomic mass is 10.2. The van der Waals surface area contributed by atoms with E-state index in [-0.39, 0.29) is 5.82 Å². The normalized spacial score (nSPS) is 10.7. The van der Waals surface area contributed by atoms with Gasteiger partial charge in [0.1, 0.15) is 5.82 Å². The van der Waals surface area contributed by atoms with Gasteiger partial charge in [-0.1, -0.05) is 12.1 Å². The van der Waals surface area contributed by atoms with E-state index in [1.807, 2.05) is 17.8 Å². The summed E-state index contributed by atoms with van der Waals surface area (Å²) in [5.41, 5.74) is 0.977. The van der Waals surface area contributed by atoms with Crippen LogP contribution in [0, 0.1) is 5.82 Å². The summed E-state index contributed by atoms with van der Waals surface area (Å²) in [5.74, 6) is 1.02. The summed E-state index contributed by atoms with van der Waals surface area (Å²) in [6, 6.07) is 5.14. The highest BCUT2D eigenvalue weighted by Crippen LogP contribution is 2.19. The average Bonchev–Trinajstić information content (AvgIpc) is 2.29. The highest BCUT2D eigenvalue weighted by atomic mass is 79.9. The van der Waals surface area contributed by atoms with Gasteiger partial charge in [0.25, 0.3) is 0 Å². The summed E-state index contributed by atoms with van der Waals surface area (Å²) >= 11 is 5.13. The van der Waals surface area contributed by atoms with Crippen molar-refractivity contribution in [3.63, 3.8) is 0 Å². The Balaban J connectivity index is 2.24. The fourth-order valence-electron chi connectivity index (χ4n) is 1.40. The minimum absolute atomic E-state index is 0.193. The molecular weight excluding hydrogens is 289 g/mol. The summed E-state index contributed by atoms with van der Waals surface area (Å²) in [5, 5.41) is 3.32. The quantitative estimate of drug-likeness (QED) is 0.769. The van der Waals surface area contributed by atoms with Crippen molar-refractivity contribution < 1.29 is 4.39 Å². The van der Waals surface area contributed by atoms with Crippen LogP contribution in [0.3, 0.4) is 0 Å². The molecule has 0 fully saturated rings. The van der Waals surface area contributed by atoms with E-state index in [9.17, 15) is 4.39 Å². The van der Waals surface area contributed by atoms with Gasteiger partial charge in [-0.25, -0.2) is 4.39 Å². The van der Waals surface area contributed by atoms with Gasteiger partial charge in [0, 0.05) is 6.54 Å². The summed E-state index contributed by atoms with van der Waals surface area (Å²) in [6.45, 7) is 1.71. The van der Waals surface area contributed by atoms with Gasteiger partial charge in [-0.15, -0.1) is 0 Å². The zero-order valence-corrected chi connectivity index (χ0v) is 11.8. The molecule has 0 saturated carbocycles. The van der Waals surface area contributed by atoms with Crippen LogP contribution in [-0.4, -0.2) is 18.6 Å². The third-order valence-corrected chi connectivity index (χ3v) is 3.88. The smallest absolute Gasteiger partial charge is 0.137 e. The Kier molecular flexibility index (Phi) is 7.08. The maximum absolute atomic E-state index is 13.2. The lowest BCUT2D eigenvalue weighted by molar-refractivity contribution is 0.607. The predicted molar refractivity (Wildman–Crippen MR) is 73.4 cm³/mol. The summed E-state index contributed by atoms with van der Waals surface area (Å²) in [7, 11) is 0. The number of rotatable bonds is 7. The molecular formula is C12H17BrFNS. The van der Waals surface area contributed by atoms with Gasteiger partial charge in [-0.3, -0.25) is 0 Å². The molecule has 0 aliphatic carbocycles. The molecule has 1 aromatic rings. The van der Waals surface area contributed by atoms with Crippen LogP contribution in [0.5, 0.6) is 0 Å². The molecule has 0 atom stereocenters. The van der Waals surface area contributed by atoms with E-state index in [4.69, 9.17) is 0 Å². The monoisotopic (exact) mass is 305 g/mol. The average molecular weight is 306 g/mol. The van der Waals surface area contributed by atoms with Crippen molar-refractivity contribution in [3.8, 4) is 0 Å². The molecule has 1 N–H and O–H groups in total. The molecule has 1 aromatic carbocycles. The van der Waals surface area contributed by atoms with Crippen LogP contribution in [0.25, 0.3) is 0 Å². The summed E-state index contributed by atoms with van der Waals surface area (Å²) in [4.78, 5) is 0.